The molecule has 1 aromatic heterocycles. The molecule has 0 aromatic carbocycles. The maximum absolute atomic E-state index is 12.5. The zero-order valence-corrected chi connectivity index (χ0v) is 13.4. The summed E-state index contributed by atoms with van der Waals surface area (Å²) in [5.74, 6) is 8.22. The van der Waals surface area contributed by atoms with E-state index in [0.29, 0.717) is 12.5 Å². The van der Waals surface area contributed by atoms with Crippen LogP contribution < -0.4 is 0 Å². The number of aliphatic hydroxyl groups excluding tert-OH is 1. The van der Waals surface area contributed by atoms with Crippen LogP contribution in [0.3, 0.4) is 0 Å². The first-order valence-electron chi connectivity index (χ1n) is 6.68. The number of carbonyl (C=O) groups excluding carboxylic acids is 1. The highest BCUT2D eigenvalue weighted by atomic mass is 32.2. The third-order valence-electron chi connectivity index (χ3n) is 3.34. The van der Waals surface area contributed by atoms with Crippen LogP contribution in [0.5, 0.6) is 0 Å². The van der Waals surface area contributed by atoms with E-state index in [1.54, 1.807) is 0 Å². The molecule has 1 unspecified atom stereocenters. The lowest BCUT2D eigenvalue weighted by Gasteiger charge is -2.22. The summed E-state index contributed by atoms with van der Waals surface area (Å²) in [5, 5.41) is 8.74. The number of hydrogen-bond acceptors (Lipinski definition) is 4. The third kappa shape index (κ3) is 3.57. The van der Waals surface area contributed by atoms with Gasteiger partial charge in [-0.25, -0.2) is 0 Å². The number of carbonyl (C=O) groups is 1. The second kappa shape index (κ2) is 7.16. The average molecular weight is 309 g/mol. The van der Waals surface area contributed by atoms with Crippen molar-refractivity contribution in [3.8, 4) is 11.8 Å². The van der Waals surface area contributed by atoms with E-state index in [9.17, 15) is 4.79 Å². The van der Waals surface area contributed by atoms with Crippen molar-refractivity contribution < 1.29 is 9.90 Å². The van der Waals surface area contributed by atoms with E-state index in [1.165, 1.54) is 11.3 Å². The predicted octanol–water partition coefficient (Wildman–Crippen LogP) is 2.37. The van der Waals surface area contributed by atoms with Gasteiger partial charge in [-0.2, -0.15) is 11.8 Å². The van der Waals surface area contributed by atoms with Crippen molar-refractivity contribution in [3.63, 3.8) is 0 Å². The molecule has 1 fully saturated rings. The van der Waals surface area contributed by atoms with E-state index >= 15 is 0 Å². The van der Waals surface area contributed by atoms with Crippen molar-refractivity contribution in [2.75, 3.05) is 25.2 Å². The highest BCUT2D eigenvalue weighted by Crippen LogP contribution is 2.26. The predicted molar refractivity (Wildman–Crippen MR) is 85.5 cm³/mol. The van der Waals surface area contributed by atoms with Gasteiger partial charge >= 0.3 is 0 Å². The minimum Gasteiger partial charge on any atom is -0.395 e. The lowest BCUT2D eigenvalue weighted by molar-refractivity contribution is 0.0752. The Bertz CT molecular complexity index is 536. The lowest BCUT2D eigenvalue weighted by Crippen LogP contribution is -2.36. The van der Waals surface area contributed by atoms with Crippen LogP contribution in [0.4, 0.5) is 0 Å². The largest absolute Gasteiger partial charge is 0.395 e. The number of rotatable bonds is 3. The molecular weight excluding hydrogens is 290 g/mol. The molecule has 1 aliphatic rings. The Labute approximate surface area is 128 Å². The molecule has 3 nitrogen and oxygen atoms in total. The summed E-state index contributed by atoms with van der Waals surface area (Å²) >= 11 is 3.36. The minimum atomic E-state index is 0.0747. The third-order valence-corrected chi connectivity index (χ3v) is 5.63. The minimum absolute atomic E-state index is 0.0747. The molecule has 1 N–H and O–H groups in total. The van der Waals surface area contributed by atoms with Gasteiger partial charge in [0.25, 0.3) is 5.91 Å². The van der Waals surface area contributed by atoms with Gasteiger partial charge in [-0.1, -0.05) is 11.8 Å². The Morgan fingerprint density at radius 1 is 1.60 bits per heavy atom. The van der Waals surface area contributed by atoms with E-state index in [2.05, 4.69) is 11.8 Å². The summed E-state index contributed by atoms with van der Waals surface area (Å²) < 4.78 is 0. The fourth-order valence-corrected chi connectivity index (χ4v) is 4.38. The van der Waals surface area contributed by atoms with Crippen LogP contribution in [0.25, 0.3) is 0 Å². The van der Waals surface area contributed by atoms with Gasteiger partial charge in [-0.05, 0) is 30.7 Å². The van der Waals surface area contributed by atoms with Gasteiger partial charge in [0, 0.05) is 25.3 Å². The summed E-state index contributed by atoms with van der Waals surface area (Å²) in [7, 11) is 1.89. The molecule has 0 bridgehead atoms. The van der Waals surface area contributed by atoms with Gasteiger partial charge in [0.1, 0.15) is 0 Å². The van der Waals surface area contributed by atoms with Gasteiger partial charge in [0.15, 0.2) is 0 Å². The summed E-state index contributed by atoms with van der Waals surface area (Å²) in [6.07, 6.45) is 1.56. The fourth-order valence-electron chi connectivity index (χ4n) is 2.08. The normalized spacial score (nSPS) is 17.6. The Morgan fingerprint density at radius 2 is 2.40 bits per heavy atom. The monoisotopic (exact) mass is 309 g/mol. The quantitative estimate of drug-likeness (QED) is 0.872. The van der Waals surface area contributed by atoms with Crippen LogP contribution in [0, 0.1) is 18.8 Å². The number of thioether (sulfide) groups is 1. The molecule has 0 aliphatic carbocycles. The standard InChI is InChI=1S/C15H19NO2S2/c1-11-9-14(20-13(11)5-3-4-7-17)15(18)16(2)12-6-8-19-10-12/h9,12,17H,4,6-8,10H2,1-2H3. The van der Waals surface area contributed by atoms with E-state index in [-0.39, 0.29) is 12.5 Å². The van der Waals surface area contributed by atoms with Crippen molar-refractivity contribution in [3.05, 3.63) is 21.4 Å². The molecule has 108 valence electrons. The first-order chi connectivity index (χ1) is 9.63. The molecule has 5 heteroatoms. The van der Waals surface area contributed by atoms with Crippen molar-refractivity contribution in [2.45, 2.75) is 25.8 Å². The highest BCUT2D eigenvalue weighted by molar-refractivity contribution is 7.99. The Hall–Kier alpha value is -0.960. The van der Waals surface area contributed by atoms with Crippen molar-refractivity contribution in [1.29, 1.82) is 0 Å². The van der Waals surface area contributed by atoms with Crippen LogP contribution in [-0.4, -0.2) is 47.1 Å². The number of aliphatic hydroxyl groups is 1. The average Bonchev–Trinajstić information content (AvgIpc) is 3.08. The molecule has 2 rings (SSSR count). The molecular formula is C15H19NO2S2. The van der Waals surface area contributed by atoms with Gasteiger partial charge in [0.2, 0.25) is 0 Å². The van der Waals surface area contributed by atoms with Gasteiger partial charge in [-0.3, -0.25) is 4.79 Å². The number of aryl methyl sites for hydroxylation is 1. The molecule has 0 spiro atoms. The Kier molecular flexibility index (Phi) is 5.53. The van der Waals surface area contributed by atoms with Gasteiger partial charge in [-0.15, -0.1) is 11.3 Å². The zero-order valence-electron chi connectivity index (χ0n) is 11.8. The summed E-state index contributed by atoms with van der Waals surface area (Å²) in [5.41, 5.74) is 1.04. The lowest BCUT2D eigenvalue weighted by atomic mass is 10.2. The SMILES string of the molecule is Cc1cc(C(=O)N(C)C2CCSC2)sc1C#CCCO. The van der Waals surface area contributed by atoms with E-state index in [0.717, 1.165) is 33.2 Å². The number of amides is 1. The molecule has 1 amide bonds. The van der Waals surface area contributed by atoms with Crippen molar-refractivity contribution >= 4 is 29.0 Å². The summed E-state index contributed by atoms with van der Waals surface area (Å²) in [6, 6.07) is 2.29. The molecule has 1 saturated heterocycles. The Morgan fingerprint density at radius 3 is 3.05 bits per heavy atom. The smallest absolute Gasteiger partial charge is 0.263 e. The summed E-state index contributed by atoms with van der Waals surface area (Å²) in [4.78, 5) is 16.0. The number of thiophene rings is 1. The van der Waals surface area contributed by atoms with E-state index in [1.807, 2.05) is 36.7 Å². The maximum atomic E-state index is 12.5. The molecule has 1 atom stereocenters. The van der Waals surface area contributed by atoms with E-state index < -0.39 is 0 Å². The highest BCUT2D eigenvalue weighted by Gasteiger charge is 2.25. The second-order valence-corrected chi connectivity index (χ2v) is 7.03. The topological polar surface area (TPSA) is 40.5 Å². The first kappa shape index (κ1) is 15.4. The molecule has 1 aromatic rings. The van der Waals surface area contributed by atoms with Crippen LogP contribution in [0.2, 0.25) is 0 Å². The van der Waals surface area contributed by atoms with Crippen LogP contribution >= 0.6 is 23.1 Å². The maximum Gasteiger partial charge on any atom is 0.263 e. The van der Waals surface area contributed by atoms with Crippen LogP contribution in [-0.2, 0) is 0 Å². The van der Waals surface area contributed by atoms with Gasteiger partial charge < -0.3 is 10.0 Å². The molecule has 1 aliphatic heterocycles. The van der Waals surface area contributed by atoms with Gasteiger partial charge in [0.05, 0.1) is 16.4 Å². The van der Waals surface area contributed by atoms with Crippen LogP contribution in [0.1, 0.15) is 33.0 Å². The zero-order chi connectivity index (χ0) is 14.5. The van der Waals surface area contributed by atoms with Crippen molar-refractivity contribution in [1.82, 2.24) is 4.90 Å². The van der Waals surface area contributed by atoms with E-state index in [4.69, 9.17) is 5.11 Å². The molecule has 2 heterocycles. The molecule has 0 saturated carbocycles. The second-order valence-electron chi connectivity index (χ2n) is 4.83. The number of nitrogens with zero attached hydrogens (tertiary/aromatic N) is 1. The first-order valence-corrected chi connectivity index (χ1v) is 8.65. The van der Waals surface area contributed by atoms with Crippen molar-refractivity contribution in [2.24, 2.45) is 0 Å². The summed E-state index contributed by atoms with van der Waals surface area (Å²) in [6.45, 7) is 2.05. The van der Waals surface area contributed by atoms with Crippen LogP contribution in [0.15, 0.2) is 6.07 Å². The molecule has 20 heavy (non-hydrogen) atoms. The fraction of sp³-hybridized carbons (Fsp3) is 0.533. The molecule has 0 radical (unpaired) electrons. The Balaban J connectivity index is 2.11. The number of hydrogen-bond donors (Lipinski definition) is 1.